The van der Waals surface area contributed by atoms with Crippen molar-refractivity contribution in [1.82, 2.24) is 0 Å². The average Bonchev–Trinajstić information content (AvgIpc) is 2.83. The van der Waals surface area contributed by atoms with E-state index in [-0.39, 0.29) is 17.6 Å². The van der Waals surface area contributed by atoms with E-state index in [1.165, 1.54) is 43.2 Å². The molecule has 0 aromatic heterocycles. The van der Waals surface area contributed by atoms with E-state index in [1.807, 2.05) is 0 Å². The Bertz CT molecular complexity index is 862. The summed E-state index contributed by atoms with van der Waals surface area (Å²) >= 11 is 0. The SMILES string of the molecule is C#CCC(CN)c1ccc(C2(C#N)CCC(C(=O)C=O)CC2)cc1CC1CCCCC1. The van der Waals surface area contributed by atoms with E-state index < -0.39 is 5.41 Å². The van der Waals surface area contributed by atoms with Gasteiger partial charge in [0.05, 0.1) is 11.5 Å². The van der Waals surface area contributed by atoms with Crippen molar-refractivity contribution in [2.24, 2.45) is 17.6 Å². The molecule has 0 amide bonds. The molecule has 4 heteroatoms. The average molecular weight is 419 g/mol. The summed E-state index contributed by atoms with van der Waals surface area (Å²) in [6, 6.07) is 9.02. The van der Waals surface area contributed by atoms with Gasteiger partial charge < -0.3 is 5.73 Å². The minimum atomic E-state index is -0.593. The zero-order valence-electron chi connectivity index (χ0n) is 18.4. The van der Waals surface area contributed by atoms with Gasteiger partial charge in [-0.1, -0.05) is 50.3 Å². The fourth-order valence-corrected chi connectivity index (χ4v) is 5.60. The molecule has 3 rings (SSSR count). The van der Waals surface area contributed by atoms with Gasteiger partial charge in [-0.15, -0.1) is 12.3 Å². The highest BCUT2D eigenvalue weighted by Crippen LogP contribution is 2.43. The highest BCUT2D eigenvalue weighted by Gasteiger charge is 2.39. The standard InChI is InChI=1S/C27H34N2O2/c1-2-6-22(17-28)25-10-9-24(16-23(25)15-20-7-4-3-5-8-20)27(19-29)13-11-21(12-14-27)26(31)18-30/h1,9-10,16,18,20-22H,3-8,11-15,17,28H2. The van der Waals surface area contributed by atoms with Gasteiger partial charge in [-0.2, -0.15) is 5.26 Å². The monoisotopic (exact) mass is 418 g/mol. The third-order valence-corrected chi connectivity index (χ3v) is 7.59. The molecule has 1 atom stereocenters. The molecular weight excluding hydrogens is 384 g/mol. The molecule has 2 fully saturated rings. The summed E-state index contributed by atoms with van der Waals surface area (Å²) in [5, 5.41) is 10.1. The summed E-state index contributed by atoms with van der Waals surface area (Å²) in [6.07, 6.45) is 16.5. The normalized spacial score (nSPS) is 25.2. The number of benzene rings is 1. The molecule has 2 N–H and O–H groups in total. The summed E-state index contributed by atoms with van der Waals surface area (Å²) in [5.41, 5.74) is 9.04. The van der Waals surface area contributed by atoms with Crippen LogP contribution in [-0.2, 0) is 21.4 Å². The number of hydrogen-bond acceptors (Lipinski definition) is 4. The number of Topliss-reactive ketones (excluding diaryl/α,β-unsaturated/α-hetero) is 1. The zero-order chi connectivity index (χ0) is 22.3. The van der Waals surface area contributed by atoms with Crippen LogP contribution in [0.1, 0.15) is 86.8 Å². The number of aldehydes is 1. The van der Waals surface area contributed by atoms with E-state index in [4.69, 9.17) is 12.2 Å². The van der Waals surface area contributed by atoms with Gasteiger partial charge in [0.25, 0.3) is 0 Å². The maximum absolute atomic E-state index is 11.8. The van der Waals surface area contributed by atoms with Gasteiger partial charge in [0.15, 0.2) is 12.1 Å². The fourth-order valence-electron chi connectivity index (χ4n) is 5.60. The van der Waals surface area contributed by atoms with E-state index in [0.717, 1.165) is 12.0 Å². The molecule has 2 aliphatic carbocycles. The van der Waals surface area contributed by atoms with Crippen molar-refractivity contribution in [3.05, 3.63) is 34.9 Å². The molecule has 31 heavy (non-hydrogen) atoms. The lowest BCUT2D eigenvalue weighted by molar-refractivity contribution is -0.133. The molecule has 0 heterocycles. The van der Waals surface area contributed by atoms with E-state index >= 15 is 0 Å². The second kappa shape index (κ2) is 10.7. The van der Waals surface area contributed by atoms with Crippen molar-refractivity contribution in [2.75, 3.05) is 6.54 Å². The summed E-state index contributed by atoms with van der Waals surface area (Å²) < 4.78 is 0. The Morgan fingerprint density at radius 1 is 1.23 bits per heavy atom. The Balaban J connectivity index is 1.92. The van der Waals surface area contributed by atoms with Crippen molar-refractivity contribution < 1.29 is 9.59 Å². The van der Waals surface area contributed by atoms with Crippen LogP contribution in [0.3, 0.4) is 0 Å². The maximum atomic E-state index is 11.8. The summed E-state index contributed by atoms with van der Waals surface area (Å²) in [4.78, 5) is 22.7. The van der Waals surface area contributed by atoms with Crippen LogP contribution in [0.25, 0.3) is 0 Å². The number of rotatable bonds is 8. The predicted octanol–water partition coefficient (Wildman–Crippen LogP) is 4.59. The third-order valence-electron chi connectivity index (χ3n) is 7.59. The third kappa shape index (κ3) is 5.25. The first kappa shape index (κ1) is 23.2. The van der Waals surface area contributed by atoms with Gasteiger partial charge in [0.2, 0.25) is 0 Å². The molecule has 2 aliphatic rings. The minimum absolute atomic E-state index is 0.136. The first-order valence-corrected chi connectivity index (χ1v) is 11.7. The number of carbonyl (C=O) groups excluding carboxylic acids is 2. The largest absolute Gasteiger partial charge is 0.330 e. The van der Waals surface area contributed by atoms with Crippen LogP contribution in [0.4, 0.5) is 0 Å². The Labute approximate surface area is 186 Å². The first-order chi connectivity index (χ1) is 15.1. The molecule has 0 bridgehead atoms. The number of nitriles is 1. The van der Waals surface area contributed by atoms with Crippen LogP contribution in [0.5, 0.6) is 0 Å². The highest BCUT2D eigenvalue weighted by molar-refractivity contribution is 6.25. The minimum Gasteiger partial charge on any atom is -0.330 e. The maximum Gasteiger partial charge on any atom is 0.198 e. The molecule has 0 spiro atoms. The second-order valence-electron chi connectivity index (χ2n) is 9.45. The van der Waals surface area contributed by atoms with Crippen molar-refractivity contribution in [3.63, 3.8) is 0 Å². The van der Waals surface area contributed by atoms with E-state index in [9.17, 15) is 14.9 Å². The highest BCUT2D eigenvalue weighted by atomic mass is 16.2. The Morgan fingerprint density at radius 2 is 1.94 bits per heavy atom. The van der Waals surface area contributed by atoms with Gasteiger partial charge in [-0.3, -0.25) is 9.59 Å². The van der Waals surface area contributed by atoms with Crippen LogP contribution >= 0.6 is 0 Å². The van der Waals surface area contributed by atoms with E-state index in [1.54, 1.807) is 0 Å². The Kier molecular flexibility index (Phi) is 8.05. The molecule has 2 saturated carbocycles. The fraction of sp³-hybridized carbons (Fsp3) is 0.593. The van der Waals surface area contributed by atoms with E-state index in [2.05, 4.69) is 30.2 Å². The lowest BCUT2D eigenvalue weighted by Crippen LogP contribution is -2.33. The number of hydrogen-bond donors (Lipinski definition) is 1. The van der Waals surface area contributed by atoms with Crippen molar-refractivity contribution in [1.29, 1.82) is 5.26 Å². The second-order valence-corrected chi connectivity index (χ2v) is 9.45. The zero-order valence-corrected chi connectivity index (χ0v) is 18.4. The van der Waals surface area contributed by atoms with Gasteiger partial charge in [-0.05, 0) is 54.7 Å². The van der Waals surface area contributed by atoms with Crippen LogP contribution < -0.4 is 5.73 Å². The lowest BCUT2D eigenvalue weighted by Gasteiger charge is -2.35. The van der Waals surface area contributed by atoms with Crippen LogP contribution in [0.15, 0.2) is 18.2 Å². The van der Waals surface area contributed by atoms with Crippen molar-refractivity contribution in [3.8, 4) is 18.4 Å². The Hall–Kier alpha value is -2.43. The smallest absolute Gasteiger partial charge is 0.198 e. The first-order valence-electron chi connectivity index (χ1n) is 11.7. The van der Waals surface area contributed by atoms with Crippen molar-refractivity contribution >= 4 is 12.1 Å². The molecule has 0 aliphatic heterocycles. The quantitative estimate of drug-likeness (QED) is 0.380. The van der Waals surface area contributed by atoms with Crippen LogP contribution in [0.2, 0.25) is 0 Å². The predicted molar refractivity (Wildman–Crippen MR) is 122 cm³/mol. The van der Waals surface area contributed by atoms with Gasteiger partial charge in [0, 0.05) is 24.8 Å². The van der Waals surface area contributed by atoms with Crippen LogP contribution in [-0.4, -0.2) is 18.6 Å². The summed E-state index contributed by atoms with van der Waals surface area (Å²) in [5.74, 6) is 3.01. The number of ketones is 1. The van der Waals surface area contributed by atoms with Gasteiger partial charge in [0.1, 0.15) is 0 Å². The number of nitrogens with zero attached hydrogens (tertiary/aromatic N) is 1. The van der Waals surface area contributed by atoms with E-state index in [0.29, 0.717) is 50.9 Å². The topological polar surface area (TPSA) is 83.9 Å². The molecule has 4 nitrogen and oxygen atoms in total. The van der Waals surface area contributed by atoms with Crippen LogP contribution in [0, 0.1) is 35.5 Å². The number of nitrogens with two attached hydrogens (primary N) is 1. The number of carbonyl (C=O) groups is 2. The summed E-state index contributed by atoms with van der Waals surface area (Å²) in [7, 11) is 0. The molecule has 164 valence electrons. The Morgan fingerprint density at radius 3 is 2.52 bits per heavy atom. The number of terminal acetylenes is 1. The molecule has 1 aromatic rings. The molecule has 1 unspecified atom stereocenters. The molecule has 1 aromatic carbocycles. The molecule has 0 saturated heterocycles. The van der Waals surface area contributed by atoms with Crippen molar-refractivity contribution in [2.45, 2.75) is 82.0 Å². The summed E-state index contributed by atoms with van der Waals surface area (Å²) in [6.45, 7) is 0.514. The molecule has 0 radical (unpaired) electrons. The van der Waals surface area contributed by atoms with Gasteiger partial charge >= 0.3 is 0 Å². The lowest BCUT2D eigenvalue weighted by atomic mass is 9.66. The van der Waals surface area contributed by atoms with Gasteiger partial charge in [-0.25, -0.2) is 0 Å². The molecular formula is C27H34N2O2.